The molecule has 5 nitrogen and oxygen atoms in total. The van der Waals surface area contributed by atoms with E-state index in [0.29, 0.717) is 0 Å². The first kappa shape index (κ1) is 11.5. The Labute approximate surface area is 106 Å². The minimum absolute atomic E-state index is 0.303. The van der Waals surface area contributed by atoms with Gasteiger partial charge in [0.05, 0.1) is 0 Å². The SMILES string of the molecule is NN1CC2CN(CC3=CNC(Cl)N=C3)CC2C1. The molecule has 17 heavy (non-hydrogen) atoms. The summed E-state index contributed by atoms with van der Waals surface area (Å²) in [7, 11) is 0. The smallest absolute Gasteiger partial charge is 0.194 e. The second-order valence-electron chi connectivity index (χ2n) is 5.17. The van der Waals surface area contributed by atoms with Crippen molar-refractivity contribution in [3.63, 3.8) is 0 Å². The molecule has 0 aromatic carbocycles. The lowest BCUT2D eigenvalue weighted by Gasteiger charge is -2.21. The minimum atomic E-state index is -0.303. The van der Waals surface area contributed by atoms with E-state index in [1.807, 2.05) is 17.4 Å². The highest BCUT2D eigenvalue weighted by atomic mass is 35.5. The highest BCUT2D eigenvalue weighted by molar-refractivity contribution is 6.20. The number of hydrogen-bond acceptors (Lipinski definition) is 5. The van der Waals surface area contributed by atoms with Crippen LogP contribution in [0.3, 0.4) is 0 Å². The van der Waals surface area contributed by atoms with Crippen LogP contribution in [0.15, 0.2) is 16.8 Å². The molecule has 2 fully saturated rings. The van der Waals surface area contributed by atoms with Crippen molar-refractivity contribution in [2.45, 2.75) is 5.62 Å². The van der Waals surface area contributed by atoms with Gasteiger partial charge in [0.15, 0.2) is 5.62 Å². The Kier molecular flexibility index (Phi) is 3.08. The molecule has 0 amide bonds. The van der Waals surface area contributed by atoms with Crippen LogP contribution in [0.5, 0.6) is 0 Å². The van der Waals surface area contributed by atoms with Gasteiger partial charge in [-0.3, -0.25) is 15.7 Å². The average Bonchev–Trinajstić information content (AvgIpc) is 2.78. The van der Waals surface area contributed by atoms with Crippen molar-refractivity contribution in [3.05, 3.63) is 11.8 Å². The summed E-state index contributed by atoms with van der Waals surface area (Å²) in [6.07, 6.45) is 3.84. The largest absolute Gasteiger partial charge is 0.357 e. The van der Waals surface area contributed by atoms with Gasteiger partial charge in [0.1, 0.15) is 0 Å². The first-order valence-corrected chi connectivity index (χ1v) is 6.48. The third-order valence-corrected chi connectivity index (χ3v) is 4.01. The number of hydrazine groups is 1. The van der Waals surface area contributed by atoms with Crippen molar-refractivity contribution in [2.24, 2.45) is 22.7 Å². The van der Waals surface area contributed by atoms with Crippen LogP contribution in [-0.2, 0) is 0 Å². The Balaban J connectivity index is 1.54. The number of alkyl halides is 1. The predicted octanol–water partition coefficient (Wildman–Crippen LogP) is -0.196. The Morgan fingerprint density at radius 1 is 1.35 bits per heavy atom. The van der Waals surface area contributed by atoms with Gasteiger partial charge >= 0.3 is 0 Å². The van der Waals surface area contributed by atoms with Crippen LogP contribution >= 0.6 is 11.6 Å². The van der Waals surface area contributed by atoms with Crippen molar-refractivity contribution >= 4 is 17.8 Å². The second kappa shape index (κ2) is 4.57. The Morgan fingerprint density at radius 2 is 2.06 bits per heavy atom. The second-order valence-corrected chi connectivity index (χ2v) is 5.58. The van der Waals surface area contributed by atoms with Crippen molar-refractivity contribution < 1.29 is 0 Å². The summed E-state index contributed by atoms with van der Waals surface area (Å²) in [6.45, 7) is 5.33. The lowest BCUT2D eigenvalue weighted by molar-refractivity contribution is 0.272. The summed E-state index contributed by atoms with van der Waals surface area (Å²) in [6, 6.07) is 0. The maximum absolute atomic E-state index is 5.83. The molecule has 0 radical (unpaired) electrons. The van der Waals surface area contributed by atoms with Gasteiger partial charge in [0.25, 0.3) is 0 Å². The highest BCUT2D eigenvalue weighted by Gasteiger charge is 2.38. The minimum Gasteiger partial charge on any atom is -0.357 e. The molecule has 0 aliphatic carbocycles. The fourth-order valence-corrected chi connectivity index (χ4v) is 3.14. The van der Waals surface area contributed by atoms with Gasteiger partial charge < -0.3 is 5.32 Å². The third kappa shape index (κ3) is 2.47. The average molecular weight is 256 g/mol. The fraction of sp³-hybridized carbons (Fsp3) is 0.727. The van der Waals surface area contributed by atoms with E-state index in [4.69, 9.17) is 17.4 Å². The summed E-state index contributed by atoms with van der Waals surface area (Å²) >= 11 is 5.81. The zero-order valence-electron chi connectivity index (χ0n) is 9.72. The van der Waals surface area contributed by atoms with Crippen LogP contribution in [-0.4, -0.2) is 54.5 Å². The van der Waals surface area contributed by atoms with E-state index in [0.717, 1.165) is 44.6 Å². The standard InChI is InChI=1S/C11H18ClN5/c12-11-14-1-8(2-15-11)3-16-4-9-6-17(13)7-10(9)5-16/h1-2,9-11,14H,3-7,13H2. The third-order valence-electron chi connectivity index (χ3n) is 3.77. The molecule has 0 saturated carbocycles. The molecule has 3 heterocycles. The van der Waals surface area contributed by atoms with Crippen molar-refractivity contribution in [3.8, 4) is 0 Å². The molecule has 3 unspecified atom stereocenters. The molecule has 3 aliphatic heterocycles. The highest BCUT2D eigenvalue weighted by Crippen LogP contribution is 2.29. The van der Waals surface area contributed by atoms with Gasteiger partial charge in [0, 0.05) is 45.1 Å². The zero-order valence-corrected chi connectivity index (χ0v) is 10.5. The van der Waals surface area contributed by atoms with Crippen molar-refractivity contribution in [1.82, 2.24) is 15.2 Å². The summed E-state index contributed by atoms with van der Waals surface area (Å²) in [5.41, 5.74) is 0.897. The van der Waals surface area contributed by atoms with Crippen LogP contribution in [0, 0.1) is 11.8 Å². The van der Waals surface area contributed by atoms with E-state index in [2.05, 4.69) is 15.2 Å². The fourth-order valence-electron chi connectivity index (χ4n) is 3.02. The van der Waals surface area contributed by atoms with Crippen LogP contribution in [0.1, 0.15) is 0 Å². The maximum atomic E-state index is 5.83. The molecule has 6 heteroatoms. The van der Waals surface area contributed by atoms with Crippen molar-refractivity contribution in [2.75, 3.05) is 32.7 Å². The normalized spacial score (nSPS) is 38.0. The van der Waals surface area contributed by atoms with E-state index in [-0.39, 0.29) is 5.62 Å². The van der Waals surface area contributed by atoms with Gasteiger partial charge in [-0.05, 0) is 17.4 Å². The number of nitrogens with zero attached hydrogens (tertiary/aromatic N) is 3. The Hall–Kier alpha value is -0.620. The number of likely N-dealkylation sites (tertiary alicyclic amines) is 1. The monoisotopic (exact) mass is 255 g/mol. The van der Waals surface area contributed by atoms with E-state index in [9.17, 15) is 0 Å². The Bertz CT molecular complexity index is 342. The first-order chi connectivity index (χ1) is 8.20. The summed E-state index contributed by atoms with van der Waals surface area (Å²) in [4.78, 5) is 6.63. The lowest BCUT2D eigenvalue weighted by atomic mass is 10.0. The first-order valence-electron chi connectivity index (χ1n) is 6.05. The molecule has 3 aliphatic rings. The molecule has 0 spiro atoms. The van der Waals surface area contributed by atoms with Gasteiger partial charge in [-0.15, -0.1) is 0 Å². The molecular weight excluding hydrogens is 238 g/mol. The molecule has 3 rings (SSSR count). The molecule has 94 valence electrons. The van der Waals surface area contributed by atoms with Gasteiger partial charge in [-0.2, -0.15) is 0 Å². The number of fused-ring (bicyclic) bond motifs is 1. The van der Waals surface area contributed by atoms with E-state index in [1.165, 1.54) is 5.57 Å². The van der Waals surface area contributed by atoms with Gasteiger partial charge in [-0.25, -0.2) is 5.01 Å². The van der Waals surface area contributed by atoms with Crippen LogP contribution in [0.4, 0.5) is 0 Å². The van der Waals surface area contributed by atoms with E-state index < -0.39 is 0 Å². The van der Waals surface area contributed by atoms with Crippen LogP contribution in [0.25, 0.3) is 0 Å². The molecule has 2 saturated heterocycles. The molecule has 3 N–H and O–H groups in total. The predicted molar refractivity (Wildman–Crippen MR) is 68.5 cm³/mol. The van der Waals surface area contributed by atoms with Gasteiger partial charge in [0.2, 0.25) is 0 Å². The molecule has 0 aromatic rings. The number of halogens is 1. The number of nitrogens with two attached hydrogens (primary N) is 1. The molecule has 3 atom stereocenters. The quantitative estimate of drug-likeness (QED) is 0.408. The maximum Gasteiger partial charge on any atom is 0.194 e. The van der Waals surface area contributed by atoms with Gasteiger partial charge in [-0.1, -0.05) is 11.6 Å². The van der Waals surface area contributed by atoms with Crippen LogP contribution in [0.2, 0.25) is 0 Å². The number of hydrogen-bond donors (Lipinski definition) is 2. The molecular formula is C11H18ClN5. The summed E-state index contributed by atoms with van der Waals surface area (Å²) in [5, 5.41) is 4.97. The van der Waals surface area contributed by atoms with Crippen LogP contribution < -0.4 is 11.2 Å². The van der Waals surface area contributed by atoms with E-state index >= 15 is 0 Å². The number of rotatable bonds is 2. The Morgan fingerprint density at radius 3 is 2.65 bits per heavy atom. The topological polar surface area (TPSA) is 56.9 Å². The molecule has 0 aromatic heterocycles. The summed E-state index contributed by atoms with van der Waals surface area (Å²) in [5.74, 6) is 7.32. The number of aliphatic imine (C=N–C) groups is 1. The lowest BCUT2D eigenvalue weighted by Crippen LogP contribution is -2.34. The zero-order chi connectivity index (χ0) is 11.8. The molecule has 0 bridgehead atoms. The van der Waals surface area contributed by atoms with E-state index in [1.54, 1.807) is 0 Å². The summed E-state index contributed by atoms with van der Waals surface area (Å²) < 4.78 is 0. The van der Waals surface area contributed by atoms with Crippen molar-refractivity contribution in [1.29, 1.82) is 0 Å². The number of nitrogens with one attached hydrogen (secondary N) is 1.